The Morgan fingerprint density at radius 1 is 0.900 bits per heavy atom. The third kappa shape index (κ3) is 3.99. The maximum atomic E-state index is 5.97. The van der Waals surface area contributed by atoms with Crippen molar-refractivity contribution in [3.8, 4) is 22.8 Å². The molecule has 0 N–H and O–H groups in total. The van der Waals surface area contributed by atoms with Crippen LogP contribution in [0, 0.1) is 0 Å². The zero-order chi connectivity index (χ0) is 20.3. The van der Waals surface area contributed by atoms with Crippen molar-refractivity contribution in [2.75, 3.05) is 20.1 Å². The molecule has 0 unspecified atom stereocenters. The average Bonchev–Trinajstić information content (AvgIpc) is 3.46. The first-order valence-corrected chi connectivity index (χ1v) is 10.2. The molecule has 0 amide bonds. The van der Waals surface area contributed by atoms with Gasteiger partial charge in [0.25, 0.3) is 0 Å². The fourth-order valence-corrected chi connectivity index (χ4v) is 3.70. The molecule has 4 aromatic rings. The van der Waals surface area contributed by atoms with Crippen LogP contribution in [0.1, 0.15) is 30.2 Å². The molecule has 0 bridgehead atoms. The lowest BCUT2D eigenvalue weighted by Crippen LogP contribution is -2.29. The molecule has 1 aliphatic rings. The first-order valence-electron chi connectivity index (χ1n) is 10.2. The van der Waals surface area contributed by atoms with Crippen molar-refractivity contribution in [1.82, 2.24) is 35.3 Å². The molecule has 3 heterocycles. The molecule has 30 heavy (non-hydrogen) atoms. The Morgan fingerprint density at radius 2 is 1.67 bits per heavy atom. The van der Waals surface area contributed by atoms with E-state index < -0.39 is 0 Å². The van der Waals surface area contributed by atoms with Crippen LogP contribution < -0.4 is 0 Å². The summed E-state index contributed by atoms with van der Waals surface area (Å²) in [5, 5.41) is 21.3. The van der Waals surface area contributed by atoms with Crippen LogP contribution in [-0.4, -0.2) is 55.4 Å². The first kappa shape index (κ1) is 18.6. The van der Waals surface area contributed by atoms with Crippen LogP contribution >= 0.6 is 0 Å². The SMILES string of the molecule is CN1CCC(c2nnc(-c3ccc(Cn4nnc(-c5ccccc5)n4)cc3)o2)CC1. The molecule has 1 aliphatic heterocycles. The van der Waals surface area contributed by atoms with E-state index in [4.69, 9.17) is 4.42 Å². The van der Waals surface area contributed by atoms with Gasteiger partial charge in [0.1, 0.15) is 0 Å². The summed E-state index contributed by atoms with van der Waals surface area (Å²) in [5.74, 6) is 2.31. The van der Waals surface area contributed by atoms with Crippen molar-refractivity contribution in [3.63, 3.8) is 0 Å². The van der Waals surface area contributed by atoms with Gasteiger partial charge in [0.05, 0.1) is 6.54 Å². The van der Waals surface area contributed by atoms with E-state index in [1.165, 1.54) is 0 Å². The summed E-state index contributed by atoms with van der Waals surface area (Å²) in [6, 6.07) is 17.9. The number of tetrazole rings is 1. The first-order chi connectivity index (χ1) is 14.7. The van der Waals surface area contributed by atoms with Crippen LogP contribution in [0.3, 0.4) is 0 Å². The van der Waals surface area contributed by atoms with Crippen molar-refractivity contribution in [3.05, 3.63) is 66.1 Å². The fourth-order valence-electron chi connectivity index (χ4n) is 3.70. The zero-order valence-corrected chi connectivity index (χ0v) is 16.8. The van der Waals surface area contributed by atoms with Crippen molar-refractivity contribution < 1.29 is 4.42 Å². The second kappa shape index (κ2) is 8.16. The van der Waals surface area contributed by atoms with E-state index in [2.05, 4.69) is 37.6 Å². The third-order valence-corrected chi connectivity index (χ3v) is 5.52. The number of rotatable bonds is 5. The Labute approximate surface area is 174 Å². The predicted octanol–water partition coefficient (Wildman–Crippen LogP) is 3.25. The second-order valence-electron chi connectivity index (χ2n) is 7.73. The molecule has 1 fully saturated rings. The molecule has 8 nitrogen and oxygen atoms in total. The largest absolute Gasteiger partial charge is 0.420 e. The van der Waals surface area contributed by atoms with Gasteiger partial charge in [-0.05, 0) is 55.9 Å². The summed E-state index contributed by atoms with van der Waals surface area (Å²) in [6.45, 7) is 2.68. The Morgan fingerprint density at radius 3 is 2.43 bits per heavy atom. The summed E-state index contributed by atoms with van der Waals surface area (Å²) < 4.78 is 5.97. The van der Waals surface area contributed by atoms with Gasteiger partial charge in [-0.2, -0.15) is 4.80 Å². The van der Waals surface area contributed by atoms with E-state index in [-0.39, 0.29) is 0 Å². The molecule has 2 aromatic carbocycles. The molecule has 0 atom stereocenters. The van der Waals surface area contributed by atoms with Gasteiger partial charge in [0, 0.05) is 17.0 Å². The minimum Gasteiger partial charge on any atom is -0.420 e. The molecule has 2 aromatic heterocycles. The van der Waals surface area contributed by atoms with Gasteiger partial charge < -0.3 is 9.32 Å². The highest BCUT2D eigenvalue weighted by atomic mass is 16.4. The molecule has 0 saturated carbocycles. The molecule has 1 saturated heterocycles. The van der Waals surface area contributed by atoms with E-state index in [0.717, 1.165) is 48.5 Å². The minimum atomic E-state index is 0.360. The van der Waals surface area contributed by atoms with Crippen molar-refractivity contribution in [1.29, 1.82) is 0 Å². The molecule has 0 aliphatic carbocycles. The monoisotopic (exact) mass is 401 g/mol. The molecule has 0 spiro atoms. The van der Waals surface area contributed by atoms with Gasteiger partial charge in [-0.1, -0.05) is 42.5 Å². The van der Waals surface area contributed by atoms with Crippen LogP contribution in [0.4, 0.5) is 0 Å². The van der Waals surface area contributed by atoms with Gasteiger partial charge in [0.2, 0.25) is 17.6 Å². The molecule has 0 radical (unpaired) electrons. The number of hydrogen-bond acceptors (Lipinski definition) is 7. The van der Waals surface area contributed by atoms with Crippen LogP contribution in [0.2, 0.25) is 0 Å². The summed E-state index contributed by atoms with van der Waals surface area (Å²) >= 11 is 0. The van der Waals surface area contributed by atoms with Crippen LogP contribution in [0.5, 0.6) is 0 Å². The predicted molar refractivity (Wildman–Crippen MR) is 112 cm³/mol. The fraction of sp³-hybridized carbons (Fsp3) is 0.318. The Balaban J connectivity index is 1.26. The van der Waals surface area contributed by atoms with Crippen LogP contribution in [0.15, 0.2) is 59.0 Å². The highest BCUT2D eigenvalue weighted by Crippen LogP contribution is 2.29. The average molecular weight is 401 g/mol. The smallest absolute Gasteiger partial charge is 0.247 e. The summed E-state index contributed by atoms with van der Waals surface area (Å²) in [4.78, 5) is 3.93. The van der Waals surface area contributed by atoms with Crippen LogP contribution in [0.25, 0.3) is 22.8 Å². The molecular formula is C22H23N7O. The lowest BCUT2D eigenvalue weighted by atomic mass is 9.97. The number of nitrogens with zero attached hydrogens (tertiary/aromatic N) is 7. The van der Waals surface area contributed by atoms with Crippen LogP contribution in [-0.2, 0) is 6.54 Å². The van der Waals surface area contributed by atoms with E-state index in [1.807, 2.05) is 54.6 Å². The number of likely N-dealkylation sites (tertiary alicyclic amines) is 1. The Kier molecular flexibility index (Phi) is 5.06. The standard InChI is InChI=1S/C22H23N7O/c1-28-13-11-19(12-14-28)22-25-24-21(30-22)18-9-7-16(8-10-18)15-29-26-20(23-27-29)17-5-3-2-4-6-17/h2-10,19H,11-15H2,1H3. The molecule has 5 rings (SSSR count). The lowest BCUT2D eigenvalue weighted by molar-refractivity contribution is 0.237. The van der Waals surface area contributed by atoms with E-state index in [1.54, 1.807) is 4.80 Å². The highest BCUT2D eigenvalue weighted by Gasteiger charge is 2.23. The molecule has 152 valence electrons. The van der Waals surface area contributed by atoms with Gasteiger partial charge in [0.15, 0.2) is 0 Å². The highest BCUT2D eigenvalue weighted by molar-refractivity contribution is 5.54. The lowest BCUT2D eigenvalue weighted by Gasteiger charge is -2.26. The number of hydrogen-bond donors (Lipinski definition) is 0. The summed E-state index contributed by atoms with van der Waals surface area (Å²) in [7, 11) is 2.15. The quantitative estimate of drug-likeness (QED) is 0.507. The van der Waals surface area contributed by atoms with Crippen molar-refractivity contribution >= 4 is 0 Å². The molecular weight excluding hydrogens is 378 g/mol. The van der Waals surface area contributed by atoms with Crippen molar-refractivity contribution in [2.45, 2.75) is 25.3 Å². The summed E-state index contributed by atoms with van der Waals surface area (Å²) in [5.41, 5.74) is 2.95. The van der Waals surface area contributed by atoms with Gasteiger partial charge in [-0.15, -0.1) is 20.4 Å². The van der Waals surface area contributed by atoms with E-state index in [9.17, 15) is 0 Å². The Bertz CT molecular complexity index is 1100. The van der Waals surface area contributed by atoms with Gasteiger partial charge in [-0.3, -0.25) is 0 Å². The second-order valence-corrected chi connectivity index (χ2v) is 7.73. The number of piperidine rings is 1. The van der Waals surface area contributed by atoms with E-state index in [0.29, 0.717) is 24.2 Å². The molecule has 8 heteroatoms. The maximum Gasteiger partial charge on any atom is 0.247 e. The third-order valence-electron chi connectivity index (χ3n) is 5.52. The topological polar surface area (TPSA) is 85.8 Å². The van der Waals surface area contributed by atoms with Crippen molar-refractivity contribution in [2.24, 2.45) is 0 Å². The zero-order valence-electron chi connectivity index (χ0n) is 16.8. The normalized spacial score (nSPS) is 15.5. The minimum absolute atomic E-state index is 0.360. The van der Waals surface area contributed by atoms with E-state index >= 15 is 0 Å². The van der Waals surface area contributed by atoms with Gasteiger partial charge in [-0.25, -0.2) is 0 Å². The number of benzene rings is 2. The Hall–Kier alpha value is -3.39. The summed E-state index contributed by atoms with van der Waals surface area (Å²) in [6.07, 6.45) is 2.12. The maximum absolute atomic E-state index is 5.97. The van der Waals surface area contributed by atoms with Gasteiger partial charge >= 0.3 is 0 Å². The number of aromatic nitrogens is 6.